The van der Waals surface area contributed by atoms with Gasteiger partial charge in [-0.15, -0.1) is 0 Å². The van der Waals surface area contributed by atoms with Gasteiger partial charge in [0.15, 0.2) is 0 Å². The highest BCUT2D eigenvalue weighted by molar-refractivity contribution is 6.08. The third-order valence-corrected chi connectivity index (χ3v) is 3.68. The maximum absolute atomic E-state index is 10.3. The summed E-state index contributed by atoms with van der Waals surface area (Å²) in [5, 5.41) is 5.23. The molecule has 0 saturated carbocycles. The smallest absolute Gasteiger partial charge is 0.207 e. The predicted molar refractivity (Wildman–Crippen MR) is 78.3 cm³/mol. The van der Waals surface area contributed by atoms with Crippen LogP contribution in [0.5, 0.6) is 0 Å². The van der Waals surface area contributed by atoms with Gasteiger partial charge in [0.2, 0.25) is 6.41 Å². The Morgan fingerprint density at radius 3 is 2.84 bits per heavy atom. The van der Waals surface area contributed by atoms with Crippen LogP contribution in [0.3, 0.4) is 0 Å². The minimum Gasteiger partial charge on any atom is -0.358 e. The van der Waals surface area contributed by atoms with Gasteiger partial charge >= 0.3 is 0 Å². The lowest BCUT2D eigenvalue weighted by atomic mass is 10.0. The van der Waals surface area contributed by atoms with Crippen molar-refractivity contribution in [2.24, 2.45) is 0 Å². The molecule has 1 amide bonds. The Morgan fingerprint density at radius 1 is 1.16 bits per heavy atom. The fourth-order valence-corrected chi connectivity index (χ4v) is 2.64. The molecule has 0 saturated heterocycles. The number of H-pyrrole nitrogens is 1. The molecule has 0 bridgehead atoms. The molecule has 3 rings (SSSR count). The van der Waals surface area contributed by atoms with E-state index < -0.39 is 0 Å². The third kappa shape index (κ3) is 1.97. The number of para-hydroxylation sites is 1. The number of aryl methyl sites for hydroxylation is 1. The number of hydrogen-bond acceptors (Lipinski definition) is 1. The first-order valence-corrected chi connectivity index (χ1v) is 6.47. The lowest BCUT2D eigenvalue weighted by Crippen LogP contribution is -2.14. The van der Waals surface area contributed by atoms with E-state index in [0.29, 0.717) is 6.54 Å². The molecular formula is C16H16N2O. The maximum atomic E-state index is 10.3. The van der Waals surface area contributed by atoms with Crippen LogP contribution in [0.4, 0.5) is 0 Å². The third-order valence-electron chi connectivity index (χ3n) is 3.68. The number of aromatic nitrogens is 1. The molecule has 0 radical (unpaired) electrons. The van der Waals surface area contributed by atoms with E-state index in [-0.39, 0.29) is 0 Å². The van der Waals surface area contributed by atoms with Crippen LogP contribution in [0.1, 0.15) is 11.1 Å². The SMILES string of the molecule is Cc1c(CCNC=O)ccc2c1[nH]c1ccccc12. The molecule has 3 aromatic rings. The second-order valence-corrected chi connectivity index (χ2v) is 4.76. The molecule has 2 aromatic carbocycles. The highest BCUT2D eigenvalue weighted by Gasteiger charge is 2.08. The summed E-state index contributed by atoms with van der Waals surface area (Å²) in [5.74, 6) is 0. The van der Waals surface area contributed by atoms with E-state index in [1.165, 1.54) is 32.9 Å². The molecule has 3 heteroatoms. The second-order valence-electron chi connectivity index (χ2n) is 4.76. The van der Waals surface area contributed by atoms with Gasteiger partial charge in [-0.2, -0.15) is 0 Å². The highest BCUT2D eigenvalue weighted by Crippen LogP contribution is 2.29. The summed E-state index contributed by atoms with van der Waals surface area (Å²) >= 11 is 0. The van der Waals surface area contributed by atoms with E-state index in [0.717, 1.165) is 12.8 Å². The Balaban J connectivity index is 2.11. The summed E-state index contributed by atoms with van der Waals surface area (Å²) in [5.41, 5.74) is 4.91. The Labute approximate surface area is 111 Å². The number of carbonyl (C=O) groups is 1. The number of nitrogens with one attached hydrogen (secondary N) is 2. The van der Waals surface area contributed by atoms with Gasteiger partial charge in [0.05, 0.1) is 0 Å². The van der Waals surface area contributed by atoms with Crippen LogP contribution in [0.25, 0.3) is 21.8 Å². The Hall–Kier alpha value is -2.29. The Morgan fingerprint density at radius 2 is 2.00 bits per heavy atom. The van der Waals surface area contributed by atoms with E-state index in [9.17, 15) is 4.79 Å². The molecule has 0 aliphatic carbocycles. The average Bonchev–Trinajstić information content (AvgIpc) is 2.81. The van der Waals surface area contributed by atoms with Crippen molar-refractivity contribution in [2.75, 3.05) is 6.54 Å². The molecule has 96 valence electrons. The minimum atomic E-state index is 0.677. The van der Waals surface area contributed by atoms with Crippen LogP contribution in [-0.4, -0.2) is 17.9 Å². The van der Waals surface area contributed by atoms with Crippen LogP contribution in [0.15, 0.2) is 36.4 Å². The van der Waals surface area contributed by atoms with Gasteiger partial charge in [-0.25, -0.2) is 0 Å². The number of hydrogen-bond donors (Lipinski definition) is 2. The van der Waals surface area contributed by atoms with Crippen LogP contribution in [0, 0.1) is 6.92 Å². The summed E-state index contributed by atoms with van der Waals surface area (Å²) in [4.78, 5) is 13.8. The molecule has 0 fully saturated rings. The zero-order valence-corrected chi connectivity index (χ0v) is 10.9. The monoisotopic (exact) mass is 252 g/mol. The summed E-state index contributed by atoms with van der Waals surface area (Å²) in [7, 11) is 0. The molecule has 0 atom stereocenters. The Bertz CT molecular complexity index is 743. The van der Waals surface area contributed by atoms with E-state index in [1.807, 2.05) is 6.07 Å². The first kappa shape index (κ1) is 11.8. The first-order valence-electron chi connectivity index (χ1n) is 6.47. The van der Waals surface area contributed by atoms with Crippen molar-refractivity contribution >= 4 is 28.2 Å². The lowest BCUT2D eigenvalue weighted by molar-refractivity contribution is -0.109. The summed E-state index contributed by atoms with van der Waals surface area (Å²) < 4.78 is 0. The number of carbonyl (C=O) groups excluding carboxylic acids is 1. The van der Waals surface area contributed by atoms with Crippen molar-refractivity contribution in [3.05, 3.63) is 47.5 Å². The van der Waals surface area contributed by atoms with Crippen molar-refractivity contribution in [1.29, 1.82) is 0 Å². The van der Waals surface area contributed by atoms with Crippen molar-refractivity contribution in [2.45, 2.75) is 13.3 Å². The molecule has 0 unspecified atom stereocenters. The molecule has 1 aromatic heterocycles. The second kappa shape index (κ2) is 4.76. The normalized spacial score (nSPS) is 11.0. The van der Waals surface area contributed by atoms with Crippen LogP contribution in [0.2, 0.25) is 0 Å². The fraction of sp³-hybridized carbons (Fsp3) is 0.188. The van der Waals surface area contributed by atoms with E-state index >= 15 is 0 Å². The quantitative estimate of drug-likeness (QED) is 0.544. The van der Waals surface area contributed by atoms with Gasteiger partial charge in [-0.1, -0.05) is 30.3 Å². The summed E-state index contributed by atoms with van der Waals surface area (Å²) in [6.45, 7) is 2.81. The fourth-order valence-electron chi connectivity index (χ4n) is 2.64. The van der Waals surface area contributed by atoms with Crippen molar-refractivity contribution in [1.82, 2.24) is 10.3 Å². The van der Waals surface area contributed by atoms with Crippen molar-refractivity contribution < 1.29 is 4.79 Å². The highest BCUT2D eigenvalue weighted by atomic mass is 16.1. The number of benzene rings is 2. The number of rotatable bonds is 4. The molecule has 3 nitrogen and oxygen atoms in total. The van der Waals surface area contributed by atoms with Gasteiger partial charge in [-0.05, 0) is 30.5 Å². The van der Waals surface area contributed by atoms with Gasteiger partial charge < -0.3 is 10.3 Å². The van der Waals surface area contributed by atoms with Gasteiger partial charge in [0, 0.05) is 28.4 Å². The largest absolute Gasteiger partial charge is 0.358 e. The molecule has 0 spiro atoms. The predicted octanol–water partition coefficient (Wildman–Crippen LogP) is 2.92. The van der Waals surface area contributed by atoms with E-state index in [4.69, 9.17) is 0 Å². The Kier molecular flexibility index (Phi) is 2.95. The van der Waals surface area contributed by atoms with Gasteiger partial charge in [0.1, 0.15) is 0 Å². The van der Waals surface area contributed by atoms with Crippen molar-refractivity contribution in [3.63, 3.8) is 0 Å². The lowest BCUT2D eigenvalue weighted by Gasteiger charge is -2.06. The number of amides is 1. The maximum Gasteiger partial charge on any atom is 0.207 e. The van der Waals surface area contributed by atoms with E-state index in [1.54, 1.807) is 0 Å². The standard InChI is InChI=1S/C16H16N2O/c1-11-12(8-9-17-10-19)6-7-14-13-4-2-3-5-15(13)18-16(11)14/h2-7,10,18H,8-9H2,1H3,(H,17,19). The first-order chi connectivity index (χ1) is 9.31. The van der Waals surface area contributed by atoms with E-state index in [2.05, 4.69) is 47.6 Å². The average molecular weight is 252 g/mol. The number of fused-ring (bicyclic) bond motifs is 3. The zero-order valence-electron chi connectivity index (χ0n) is 10.9. The van der Waals surface area contributed by atoms with Crippen molar-refractivity contribution in [3.8, 4) is 0 Å². The minimum absolute atomic E-state index is 0.677. The molecule has 0 aliphatic heterocycles. The summed E-state index contributed by atoms with van der Waals surface area (Å²) in [6.07, 6.45) is 1.60. The van der Waals surface area contributed by atoms with Crippen LogP contribution >= 0.6 is 0 Å². The molecular weight excluding hydrogens is 236 g/mol. The van der Waals surface area contributed by atoms with Gasteiger partial charge in [0.25, 0.3) is 0 Å². The van der Waals surface area contributed by atoms with Gasteiger partial charge in [-0.3, -0.25) is 4.79 Å². The zero-order chi connectivity index (χ0) is 13.2. The molecule has 0 aliphatic rings. The summed E-state index contributed by atoms with van der Waals surface area (Å²) in [6, 6.07) is 12.7. The van der Waals surface area contributed by atoms with Crippen LogP contribution < -0.4 is 5.32 Å². The number of aromatic amines is 1. The topological polar surface area (TPSA) is 44.9 Å². The molecule has 1 heterocycles. The molecule has 2 N–H and O–H groups in total. The molecule has 19 heavy (non-hydrogen) atoms. The van der Waals surface area contributed by atoms with Crippen LogP contribution in [-0.2, 0) is 11.2 Å².